The third kappa shape index (κ3) is 5.36. The molecule has 0 aliphatic heterocycles. The number of anilines is 1. The number of hydrogen-bond acceptors (Lipinski definition) is 3. The molecule has 0 aliphatic carbocycles. The van der Waals surface area contributed by atoms with E-state index < -0.39 is 0 Å². The molecular formula is C13H19ClN2O3. The van der Waals surface area contributed by atoms with Gasteiger partial charge in [0.1, 0.15) is 5.75 Å². The topological polar surface area (TPSA) is 70.6 Å². The van der Waals surface area contributed by atoms with Crippen LogP contribution in [0.2, 0.25) is 5.02 Å². The van der Waals surface area contributed by atoms with Crippen LogP contribution in [0.5, 0.6) is 5.75 Å². The summed E-state index contributed by atoms with van der Waals surface area (Å²) in [4.78, 5) is 11.8. The summed E-state index contributed by atoms with van der Waals surface area (Å²) in [5.41, 5.74) is 0.493. The summed E-state index contributed by atoms with van der Waals surface area (Å²) in [5.74, 6) is 0.619. The first kappa shape index (κ1) is 15.6. The summed E-state index contributed by atoms with van der Waals surface area (Å²) in [5, 5.41) is 14.6. The van der Waals surface area contributed by atoms with Gasteiger partial charge in [-0.1, -0.05) is 11.6 Å². The first-order valence-corrected chi connectivity index (χ1v) is 6.46. The van der Waals surface area contributed by atoms with E-state index in [4.69, 9.17) is 21.4 Å². The zero-order valence-electron chi connectivity index (χ0n) is 11.1. The van der Waals surface area contributed by atoms with Crippen LogP contribution >= 0.6 is 11.6 Å². The lowest BCUT2D eigenvalue weighted by Gasteiger charge is -2.15. The van der Waals surface area contributed by atoms with Gasteiger partial charge >= 0.3 is 6.03 Å². The fourth-order valence-corrected chi connectivity index (χ4v) is 1.74. The molecule has 1 atom stereocenters. The number of benzene rings is 1. The first-order valence-electron chi connectivity index (χ1n) is 6.08. The lowest BCUT2D eigenvalue weighted by molar-refractivity contribution is 0.245. The number of aliphatic hydroxyl groups excluding tert-OH is 1. The number of carbonyl (C=O) groups excluding carboxylic acids is 1. The zero-order chi connectivity index (χ0) is 14.3. The molecule has 6 heteroatoms. The zero-order valence-corrected chi connectivity index (χ0v) is 11.8. The fraction of sp³-hybridized carbons (Fsp3) is 0.462. The van der Waals surface area contributed by atoms with Crippen LogP contribution in [-0.2, 0) is 0 Å². The van der Waals surface area contributed by atoms with Gasteiger partial charge in [0, 0.05) is 18.7 Å². The van der Waals surface area contributed by atoms with Crippen molar-refractivity contribution in [3.05, 3.63) is 23.2 Å². The highest BCUT2D eigenvalue weighted by Crippen LogP contribution is 2.26. The highest BCUT2D eigenvalue weighted by Gasteiger charge is 2.09. The number of rotatable bonds is 6. The van der Waals surface area contributed by atoms with Crippen LogP contribution in [0.1, 0.15) is 19.8 Å². The van der Waals surface area contributed by atoms with E-state index in [1.54, 1.807) is 25.3 Å². The van der Waals surface area contributed by atoms with E-state index in [-0.39, 0.29) is 18.7 Å². The van der Waals surface area contributed by atoms with Crippen molar-refractivity contribution < 1.29 is 14.6 Å². The summed E-state index contributed by atoms with van der Waals surface area (Å²) in [7, 11) is 1.55. The lowest BCUT2D eigenvalue weighted by atomic mass is 10.2. The molecule has 5 nitrogen and oxygen atoms in total. The third-order valence-corrected chi connectivity index (χ3v) is 2.92. The minimum atomic E-state index is -0.333. The van der Waals surface area contributed by atoms with Crippen molar-refractivity contribution in [3.63, 3.8) is 0 Å². The van der Waals surface area contributed by atoms with E-state index in [1.807, 2.05) is 6.92 Å². The molecule has 0 fully saturated rings. The van der Waals surface area contributed by atoms with E-state index in [1.165, 1.54) is 0 Å². The summed E-state index contributed by atoms with van der Waals surface area (Å²) in [6.07, 6.45) is 1.37. The van der Waals surface area contributed by atoms with Crippen molar-refractivity contribution in [2.45, 2.75) is 25.8 Å². The molecule has 0 saturated carbocycles. The minimum absolute atomic E-state index is 0.0171. The average molecular weight is 287 g/mol. The predicted octanol–water partition coefficient (Wildman–Crippen LogP) is 2.63. The average Bonchev–Trinajstić information content (AvgIpc) is 2.38. The molecule has 19 heavy (non-hydrogen) atoms. The van der Waals surface area contributed by atoms with Crippen LogP contribution in [0, 0.1) is 0 Å². The number of hydrogen-bond donors (Lipinski definition) is 3. The predicted molar refractivity (Wildman–Crippen MR) is 75.9 cm³/mol. The van der Waals surface area contributed by atoms with Gasteiger partial charge in [-0.05, 0) is 31.9 Å². The second kappa shape index (κ2) is 7.86. The molecule has 0 aromatic heterocycles. The van der Waals surface area contributed by atoms with Crippen LogP contribution in [-0.4, -0.2) is 30.9 Å². The van der Waals surface area contributed by atoms with Crippen LogP contribution in [0.3, 0.4) is 0 Å². The van der Waals surface area contributed by atoms with Gasteiger partial charge in [-0.15, -0.1) is 0 Å². The van der Waals surface area contributed by atoms with Crippen LogP contribution < -0.4 is 15.4 Å². The van der Waals surface area contributed by atoms with Gasteiger partial charge in [0.05, 0.1) is 17.8 Å². The highest BCUT2D eigenvalue weighted by atomic mass is 35.5. The SMILES string of the molecule is COc1ccc(Cl)c(NC(=O)NC(C)CCCO)c1. The molecule has 0 spiro atoms. The van der Waals surface area contributed by atoms with Gasteiger partial charge < -0.3 is 20.5 Å². The van der Waals surface area contributed by atoms with Crippen molar-refractivity contribution in [1.82, 2.24) is 5.32 Å². The standard InChI is InChI=1S/C13H19ClN2O3/c1-9(4-3-7-17)15-13(18)16-12-8-10(19-2)5-6-11(12)14/h5-6,8-9,17H,3-4,7H2,1-2H3,(H2,15,16,18). The van der Waals surface area contributed by atoms with Crippen molar-refractivity contribution in [2.75, 3.05) is 19.0 Å². The quantitative estimate of drug-likeness (QED) is 0.753. The Bertz CT molecular complexity index is 426. The molecule has 1 aromatic rings. The van der Waals surface area contributed by atoms with Gasteiger partial charge in [0.15, 0.2) is 0 Å². The number of ether oxygens (including phenoxy) is 1. The molecule has 1 rings (SSSR count). The second-order valence-electron chi connectivity index (χ2n) is 4.21. The first-order chi connectivity index (χ1) is 9.06. The highest BCUT2D eigenvalue weighted by molar-refractivity contribution is 6.33. The van der Waals surface area contributed by atoms with Crippen LogP contribution in [0.4, 0.5) is 10.5 Å². The lowest BCUT2D eigenvalue weighted by Crippen LogP contribution is -2.36. The number of nitrogens with one attached hydrogen (secondary N) is 2. The van der Waals surface area contributed by atoms with Crippen molar-refractivity contribution in [3.8, 4) is 5.75 Å². The van der Waals surface area contributed by atoms with Crippen molar-refractivity contribution in [2.24, 2.45) is 0 Å². The van der Waals surface area contributed by atoms with Crippen LogP contribution in [0.25, 0.3) is 0 Å². The Morgan fingerprint density at radius 3 is 2.89 bits per heavy atom. The third-order valence-electron chi connectivity index (χ3n) is 2.59. The van der Waals surface area contributed by atoms with E-state index in [0.29, 0.717) is 22.9 Å². The maximum atomic E-state index is 11.8. The number of methoxy groups -OCH3 is 1. The summed E-state index contributed by atoms with van der Waals surface area (Å²) >= 11 is 5.99. The van der Waals surface area contributed by atoms with Gasteiger partial charge in [0.2, 0.25) is 0 Å². The van der Waals surface area contributed by atoms with Crippen molar-refractivity contribution >= 4 is 23.3 Å². The Morgan fingerprint density at radius 2 is 2.26 bits per heavy atom. The smallest absolute Gasteiger partial charge is 0.319 e. The molecular weight excluding hydrogens is 268 g/mol. The molecule has 106 valence electrons. The second-order valence-corrected chi connectivity index (χ2v) is 4.62. The van der Waals surface area contributed by atoms with E-state index in [0.717, 1.165) is 6.42 Å². The molecule has 0 aliphatic rings. The minimum Gasteiger partial charge on any atom is -0.497 e. The molecule has 0 saturated heterocycles. The number of urea groups is 1. The maximum absolute atomic E-state index is 11.8. The summed E-state index contributed by atoms with van der Waals surface area (Å²) < 4.78 is 5.07. The number of halogens is 1. The number of carbonyl (C=O) groups is 1. The summed E-state index contributed by atoms with van der Waals surface area (Å²) in [6, 6.07) is 4.68. The molecule has 2 amide bonds. The Labute approximate surface area is 117 Å². The maximum Gasteiger partial charge on any atom is 0.319 e. The molecule has 1 aromatic carbocycles. The number of aliphatic hydroxyl groups is 1. The Balaban J connectivity index is 2.56. The van der Waals surface area contributed by atoms with Crippen LogP contribution in [0.15, 0.2) is 18.2 Å². The summed E-state index contributed by atoms with van der Waals surface area (Å²) in [6.45, 7) is 2.00. The molecule has 1 unspecified atom stereocenters. The van der Waals surface area contributed by atoms with E-state index in [9.17, 15) is 4.79 Å². The largest absolute Gasteiger partial charge is 0.497 e. The Kier molecular flexibility index (Phi) is 6.45. The molecule has 0 heterocycles. The van der Waals surface area contributed by atoms with Gasteiger partial charge in [-0.2, -0.15) is 0 Å². The fourth-order valence-electron chi connectivity index (χ4n) is 1.58. The van der Waals surface area contributed by atoms with E-state index >= 15 is 0 Å². The van der Waals surface area contributed by atoms with Gasteiger partial charge in [-0.25, -0.2) is 4.79 Å². The van der Waals surface area contributed by atoms with Crippen molar-refractivity contribution in [1.29, 1.82) is 0 Å². The molecule has 0 radical (unpaired) electrons. The number of amides is 2. The van der Waals surface area contributed by atoms with Gasteiger partial charge in [0.25, 0.3) is 0 Å². The molecule has 3 N–H and O–H groups in total. The van der Waals surface area contributed by atoms with E-state index in [2.05, 4.69) is 10.6 Å². The monoisotopic (exact) mass is 286 g/mol. The normalized spacial score (nSPS) is 11.8. The Morgan fingerprint density at radius 1 is 1.53 bits per heavy atom. The Hall–Kier alpha value is -1.46. The van der Waals surface area contributed by atoms with Gasteiger partial charge in [-0.3, -0.25) is 0 Å². The molecule has 0 bridgehead atoms.